The molecule has 4 aromatic rings. The Balaban J connectivity index is 1.20. The van der Waals surface area contributed by atoms with E-state index in [2.05, 4.69) is 66.5 Å². The minimum atomic E-state index is 0.0141. The van der Waals surface area contributed by atoms with Gasteiger partial charge in [0.25, 0.3) is 5.91 Å². The number of nitrogens with one attached hydrogen (secondary N) is 1. The van der Waals surface area contributed by atoms with Crippen molar-refractivity contribution in [1.29, 1.82) is 0 Å². The minimum Gasteiger partial charge on any atom is -0.351 e. The molecule has 2 aromatic carbocycles. The van der Waals surface area contributed by atoms with Crippen LogP contribution in [0.3, 0.4) is 0 Å². The van der Waals surface area contributed by atoms with Crippen molar-refractivity contribution < 1.29 is 4.79 Å². The summed E-state index contributed by atoms with van der Waals surface area (Å²) in [7, 11) is 0. The highest BCUT2D eigenvalue weighted by Crippen LogP contribution is 2.28. The van der Waals surface area contributed by atoms with E-state index in [0.29, 0.717) is 5.92 Å². The van der Waals surface area contributed by atoms with Gasteiger partial charge in [-0.15, -0.1) is 11.3 Å². The highest BCUT2D eigenvalue weighted by atomic mass is 32.1. The zero-order valence-corrected chi connectivity index (χ0v) is 18.8. The summed E-state index contributed by atoms with van der Waals surface area (Å²) in [6.45, 7) is 8.04. The number of hydrogen-bond acceptors (Lipinski definition) is 4. The van der Waals surface area contributed by atoms with Gasteiger partial charge in [-0.05, 0) is 62.6 Å². The van der Waals surface area contributed by atoms with Crippen LogP contribution in [0.25, 0.3) is 21.1 Å². The van der Waals surface area contributed by atoms with Crippen LogP contribution in [0, 0.1) is 19.8 Å². The van der Waals surface area contributed by atoms with Gasteiger partial charge in [-0.3, -0.25) is 9.69 Å². The van der Waals surface area contributed by atoms with Crippen molar-refractivity contribution in [3.63, 3.8) is 0 Å². The number of carbonyl (C=O) groups excluding carboxylic acids is 1. The summed E-state index contributed by atoms with van der Waals surface area (Å²) in [6.07, 6.45) is 1.13. The Bertz CT molecular complexity index is 1240. The zero-order chi connectivity index (χ0) is 21.4. The summed E-state index contributed by atoms with van der Waals surface area (Å²) in [6, 6.07) is 19.1. The molecule has 158 valence electrons. The highest BCUT2D eigenvalue weighted by Gasteiger charge is 2.23. The first-order valence-corrected chi connectivity index (χ1v) is 11.7. The van der Waals surface area contributed by atoms with Crippen LogP contribution >= 0.6 is 11.3 Å². The molecular weight excluding hydrogens is 402 g/mol. The number of aryl methyl sites for hydroxylation is 2. The SMILES string of the molecule is Cc1ccc(CN2CC[C@@H](CNC(=O)c3cc4cc5cc(C)ccc5nc4s3)C2)cc1. The van der Waals surface area contributed by atoms with Crippen molar-refractivity contribution in [3.05, 3.63) is 76.2 Å². The van der Waals surface area contributed by atoms with Gasteiger partial charge in [0.05, 0.1) is 10.4 Å². The van der Waals surface area contributed by atoms with E-state index >= 15 is 0 Å². The minimum absolute atomic E-state index is 0.0141. The molecule has 0 unspecified atom stereocenters. The van der Waals surface area contributed by atoms with E-state index in [-0.39, 0.29) is 5.91 Å². The third kappa shape index (κ3) is 4.48. The maximum absolute atomic E-state index is 12.8. The number of nitrogens with zero attached hydrogens (tertiary/aromatic N) is 2. The number of likely N-dealkylation sites (tertiary alicyclic amines) is 1. The second kappa shape index (κ2) is 8.40. The van der Waals surface area contributed by atoms with Gasteiger partial charge in [-0.2, -0.15) is 0 Å². The highest BCUT2D eigenvalue weighted by molar-refractivity contribution is 7.20. The number of carbonyl (C=O) groups is 1. The molecule has 0 spiro atoms. The van der Waals surface area contributed by atoms with Gasteiger partial charge in [0.1, 0.15) is 4.83 Å². The lowest BCUT2D eigenvalue weighted by Gasteiger charge is -2.16. The lowest BCUT2D eigenvalue weighted by molar-refractivity contribution is 0.0951. The summed E-state index contributed by atoms with van der Waals surface area (Å²) in [5.41, 5.74) is 4.85. The molecule has 1 aliphatic heterocycles. The molecule has 0 radical (unpaired) electrons. The van der Waals surface area contributed by atoms with Gasteiger partial charge < -0.3 is 5.32 Å². The molecule has 0 bridgehead atoms. The lowest BCUT2D eigenvalue weighted by atomic mass is 10.1. The van der Waals surface area contributed by atoms with Crippen LogP contribution in [0.2, 0.25) is 0 Å². The average molecular weight is 430 g/mol. The molecule has 1 aliphatic rings. The molecule has 1 N–H and O–H groups in total. The summed E-state index contributed by atoms with van der Waals surface area (Å²) in [4.78, 5) is 21.7. The van der Waals surface area contributed by atoms with E-state index in [1.165, 1.54) is 28.0 Å². The van der Waals surface area contributed by atoms with Crippen LogP contribution in [0.4, 0.5) is 0 Å². The van der Waals surface area contributed by atoms with Crippen molar-refractivity contribution in [1.82, 2.24) is 15.2 Å². The van der Waals surface area contributed by atoms with Crippen molar-refractivity contribution in [2.75, 3.05) is 19.6 Å². The van der Waals surface area contributed by atoms with Gasteiger partial charge in [0.2, 0.25) is 0 Å². The summed E-state index contributed by atoms with van der Waals surface area (Å²) in [5, 5.41) is 5.32. The largest absolute Gasteiger partial charge is 0.351 e. The number of benzene rings is 2. The summed E-state index contributed by atoms with van der Waals surface area (Å²) >= 11 is 1.48. The molecule has 5 rings (SSSR count). The van der Waals surface area contributed by atoms with Crippen LogP contribution < -0.4 is 5.32 Å². The lowest BCUT2D eigenvalue weighted by Crippen LogP contribution is -2.30. The van der Waals surface area contributed by atoms with Crippen molar-refractivity contribution in [3.8, 4) is 0 Å². The van der Waals surface area contributed by atoms with Crippen LogP contribution in [0.15, 0.2) is 54.6 Å². The second-order valence-electron chi connectivity index (χ2n) is 8.77. The first-order chi connectivity index (χ1) is 15.0. The van der Waals surface area contributed by atoms with Crippen molar-refractivity contribution in [2.24, 2.45) is 5.92 Å². The Morgan fingerprint density at radius 2 is 1.87 bits per heavy atom. The Labute approximate surface area is 186 Å². The van der Waals surface area contributed by atoms with Crippen LogP contribution in [-0.2, 0) is 6.54 Å². The Morgan fingerprint density at radius 3 is 2.71 bits per heavy atom. The van der Waals surface area contributed by atoms with Gasteiger partial charge >= 0.3 is 0 Å². The number of amides is 1. The molecule has 4 nitrogen and oxygen atoms in total. The van der Waals surface area contributed by atoms with E-state index < -0.39 is 0 Å². The van der Waals surface area contributed by atoms with Crippen LogP contribution in [0.1, 0.15) is 32.8 Å². The number of hydrogen-bond donors (Lipinski definition) is 1. The van der Waals surface area contributed by atoms with Crippen molar-refractivity contribution in [2.45, 2.75) is 26.8 Å². The van der Waals surface area contributed by atoms with E-state index in [1.54, 1.807) is 0 Å². The van der Waals surface area contributed by atoms with Gasteiger partial charge in [0, 0.05) is 30.4 Å². The monoisotopic (exact) mass is 429 g/mol. The fourth-order valence-corrected chi connectivity index (χ4v) is 5.30. The van der Waals surface area contributed by atoms with Gasteiger partial charge in [0.15, 0.2) is 0 Å². The fraction of sp³-hybridized carbons (Fsp3) is 0.308. The average Bonchev–Trinajstić information content (AvgIpc) is 3.38. The molecule has 31 heavy (non-hydrogen) atoms. The Hall–Kier alpha value is -2.76. The molecule has 1 fully saturated rings. The molecule has 1 saturated heterocycles. The maximum atomic E-state index is 12.8. The third-order valence-corrected chi connectivity index (χ3v) is 7.17. The van der Waals surface area contributed by atoms with Crippen LogP contribution in [-0.4, -0.2) is 35.4 Å². The Kier molecular flexibility index (Phi) is 5.47. The number of fused-ring (bicyclic) bond motifs is 2. The molecule has 1 atom stereocenters. The molecule has 1 amide bonds. The molecule has 0 aliphatic carbocycles. The quantitative estimate of drug-likeness (QED) is 0.467. The molecule has 5 heteroatoms. The predicted octanol–water partition coefficient (Wildman–Crippen LogP) is 5.32. The maximum Gasteiger partial charge on any atom is 0.261 e. The normalized spacial score (nSPS) is 16.9. The molecular formula is C26H27N3OS. The van der Waals surface area contributed by atoms with Gasteiger partial charge in [-0.25, -0.2) is 4.98 Å². The van der Waals surface area contributed by atoms with Crippen LogP contribution in [0.5, 0.6) is 0 Å². The van der Waals surface area contributed by atoms with E-state index in [4.69, 9.17) is 4.98 Å². The zero-order valence-electron chi connectivity index (χ0n) is 18.0. The topological polar surface area (TPSA) is 45.2 Å². The first-order valence-electron chi connectivity index (χ1n) is 10.9. The molecule has 0 saturated carbocycles. The predicted molar refractivity (Wildman–Crippen MR) is 129 cm³/mol. The number of pyridine rings is 1. The van der Waals surface area contributed by atoms with Gasteiger partial charge in [-0.1, -0.05) is 41.5 Å². The molecule has 2 aromatic heterocycles. The second-order valence-corrected chi connectivity index (χ2v) is 9.81. The number of thiophene rings is 1. The van der Waals surface area contributed by atoms with E-state index in [1.807, 2.05) is 12.1 Å². The Morgan fingerprint density at radius 1 is 1.06 bits per heavy atom. The third-order valence-electron chi connectivity index (χ3n) is 6.13. The smallest absolute Gasteiger partial charge is 0.261 e. The summed E-state index contributed by atoms with van der Waals surface area (Å²) < 4.78 is 0. The first kappa shape index (κ1) is 20.2. The standard InChI is InChI=1S/C26H27N3OS/c1-17-3-6-19(7-4-17)15-29-10-9-20(16-29)14-27-25(30)24-13-22-12-21-11-18(2)5-8-23(21)28-26(22)31-24/h3-8,11-13,20H,9-10,14-16H2,1-2H3,(H,27,30)/t20-/m0/s1. The number of rotatable bonds is 5. The van der Waals surface area contributed by atoms with E-state index in [0.717, 1.165) is 58.6 Å². The summed E-state index contributed by atoms with van der Waals surface area (Å²) in [5.74, 6) is 0.521. The number of aromatic nitrogens is 1. The van der Waals surface area contributed by atoms with Crippen molar-refractivity contribution >= 4 is 38.4 Å². The van der Waals surface area contributed by atoms with E-state index in [9.17, 15) is 4.79 Å². The fourth-order valence-electron chi connectivity index (χ4n) is 4.37. The molecule has 3 heterocycles.